The number of hydrogen-bond donors (Lipinski definition) is 0. The maximum Gasteiger partial charge on any atom is 0.0135 e. The lowest BCUT2D eigenvalue weighted by Crippen LogP contribution is -1.97. The van der Waals surface area contributed by atoms with Gasteiger partial charge in [0, 0.05) is 11.0 Å². The second-order valence-electron chi connectivity index (χ2n) is 1.31. The van der Waals surface area contributed by atoms with Crippen molar-refractivity contribution in [2.45, 2.75) is 5.25 Å². The maximum atomic E-state index is 3.89. The zero-order valence-corrected chi connectivity index (χ0v) is 6.44. The van der Waals surface area contributed by atoms with Gasteiger partial charge in [-0.15, -0.1) is 0 Å². The number of hydrogen-bond acceptors (Lipinski definition) is 2. The molecule has 0 N–H and O–H groups in total. The molecule has 0 aromatic rings. The monoisotopic (exact) mass is 135 g/mol. The Labute approximate surface area is 54.4 Å². The van der Waals surface area contributed by atoms with Crippen molar-refractivity contribution in [2.75, 3.05) is 18.3 Å². The van der Waals surface area contributed by atoms with Crippen molar-refractivity contribution >= 4 is 23.5 Å². The van der Waals surface area contributed by atoms with Gasteiger partial charge in [-0.2, -0.15) is 23.5 Å². The summed E-state index contributed by atoms with van der Waals surface area (Å²) in [7, 11) is 0. The summed E-state index contributed by atoms with van der Waals surface area (Å²) in [6.07, 6.45) is 4.20. The predicted molar refractivity (Wildman–Crippen MR) is 41.0 cm³/mol. The Morgan fingerprint density at radius 1 is 1.57 bits per heavy atom. The third-order valence-corrected chi connectivity index (χ3v) is 2.47. The van der Waals surface area contributed by atoms with E-state index in [0.29, 0.717) is 5.25 Å². The summed E-state index contributed by atoms with van der Waals surface area (Å²) in [4.78, 5) is 0. The van der Waals surface area contributed by atoms with Gasteiger partial charge in [-0.25, -0.2) is 0 Å². The third-order valence-electron chi connectivity index (χ3n) is 0.686. The molecule has 1 radical (unpaired) electrons. The molecule has 1 atom stereocenters. The molecule has 0 heterocycles. The van der Waals surface area contributed by atoms with E-state index in [1.54, 1.807) is 0 Å². The lowest BCUT2D eigenvalue weighted by atomic mass is 10.6. The number of rotatable bonds is 3. The summed E-state index contributed by atoms with van der Waals surface area (Å²) in [5, 5.41) is 0.579. The molecule has 1 unspecified atom stereocenters. The summed E-state index contributed by atoms with van der Waals surface area (Å²) in [5.74, 6) is 1.17. The first-order valence-electron chi connectivity index (χ1n) is 2.16. The van der Waals surface area contributed by atoms with Crippen LogP contribution in [0, 0.1) is 6.92 Å². The minimum absolute atomic E-state index is 0.579. The second-order valence-corrected chi connectivity index (χ2v) is 3.36. The van der Waals surface area contributed by atoms with Crippen LogP contribution in [0.2, 0.25) is 0 Å². The molecule has 0 aliphatic heterocycles. The molecule has 0 spiro atoms. The Balaban J connectivity index is 2.83. The average molecular weight is 135 g/mol. The Morgan fingerprint density at radius 3 is 2.29 bits per heavy atom. The van der Waals surface area contributed by atoms with Crippen LogP contribution in [0.15, 0.2) is 0 Å². The van der Waals surface area contributed by atoms with Crippen LogP contribution in [0.4, 0.5) is 0 Å². The van der Waals surface area contributed by atoms with Gasteiger partial charge >= 0.3 is 0 Å². The molecule has 0 fully saturated rings. The Bertz CT molecular complexity index is 37.1. The molecule has 0 rings (SSSR count). The van der Waals surface area contributed by atoms with Gasteiger partial charge in [0.05, 0.1) is 0 Å². The van der Waals surface area contributed by atoms with E-state index in [1.165, 1.54) is 5.75 Å². The summed E-state index contributed by atoms with van der Waals surface area (Å²) in [6.45, 7) is 3.89. The summed E-state index contributed by atoms with van der Waals surface area (Å²) < 4.78 is 0. The highest BCUT2D eigenvalue weighted by Crippen LogP contribution is 2.08. The first-order chi connectivity index (χ1) is 3.31. The van der Waals surface area contributed by atoms with Crippen molar-refractivity contribution in [1.82, 2.24) is 0 Å². The molecule has 0 aromatic heterocycles. The first kappa shape index (κ1) is 7.70. The normalized spacial score (nSPS) is 14.1. The van der Waals surface area contributed by atoms with E-state index < -0.39 is 0 Å². The van der Waals surface area contributed by atoms with Crippen molar-refractivity contribution in [3.05, 3.63) is 6.92 Å². The molecular formula is C5H11S2. The number of thioether (sulfide) groups is 2. The van der Waals surface area contributed by atoms with Gasteiger partial charge in [-0.3, -0.25) is 0 Å². The molecule has 0 saturated heterocycles. The highest BCUT2D eigenvalue weighted by Gasteiger charge is 1.93. The smallest absolute Gasteiger partial charge is 0.0135 e. The van der Waals surface area contributed by atoms with E-state index in [1.807, 2.05) is 23.5 Å². The van der Waals surface area contributed by atoms with Crippen LogP contribution >= 0.6 is 23.5 Å². The molecule has 0 aliphatic rings. The van der Waals surface area contributed by atoms with Gasteiger partial charge in [-0.05, 0) is 19.4 Å². The molecule has 0 aromatic carbocycles. The van der Waals surface area contributed by atoms with Crippen molar-refractivity contribution in [1.29, 1.82) is 0 Å². The van der Waals surface area contributed by atoms with Crippen LogP contribution < -0.4 is 0 Å². The third kappa shape index (κ3) is 4.56. The van der Waals surface area contributed by atoms with Crippen molar-refractivity contribution in [2.24, 2.45) is 0 Å². The summed E-state index contributed by atoms with van der Waals surface area (Å²) in [5.41, 5.74) is 0. The molecule has 7 heavy (non-hydrogen) atoms. The first-order valence-corrected chi connectivity index (χ1v) is 4.84. The molecule has 0 saturated carbocycles. The molecule has 0 amide bonds. The van der Waals surface area contributed by atoms with Crippen molar-refractivity contribution in [3.63, 3.8) is 0 Å². The lowest BCUT2D eigenvalue weighted by molar-refractivity contribution is 1.28. The highest BCUT2D eigenvalue weighted by molar-refractivity contribution is 8.02. The fourth-order valence-electron chi connectivity index (χ4n) is 0.254. The van der Waals surface area contributed by atoms with Crippen LogP contribution in [0.5, 0.6) is 0 Å². The minimum Gasteiger partial charge on any atom is -0.164 e. The van der Waals surface area contributed by atoms with Crippen LogP contribution in [-0.4, -0.2) is 23.5 Å². The van der Waals surface area contributed by atoms with Gasteiger partial charge in [0.2, 0.25) is 0 Å². The van der Waals surface area contributed by atoms with E-state index in [9.17, 15) is 0 Å². The van der Waals surface area contributed by atoms with E-state index >= 15 is 0 Å². The lowest BCUT2D eigenvalue weighted by Gasteiger charge is -2.01. The largest absolute Gasteiger partial charge is 0.164 e. The summed E-state index contributed by atoms with van der Waals surface area (Å²) >= 11 is 3.67. The second kappa shape index (κ2) is 4.85. The highest BCUT2D eigenvalue weighted by atomic mass is 32.2. The Kier molecular flexibility index (Phi) is 5.33. The van der Waals surface area contributed by atoms with Gasteiger partial charge in [-0.1, -0.05) is 0 Å². The van der Waals surface area contributed by atoms with Crippen LogP contribution in [0.25, 0.3) is 0 Å². The van der Waals surface area contributed by atoms with Gasteiger partial charge in [0.25, 0.3) is 0 Å². The van der Waals surface area contributed by atoms with E-state index in [-0.39, 0.29) is 0 Å². The van der Waals surface area contributed by atoms with Crippen LogP contribution in [-0.2, 0) is 0 Å². The van der Waals surface area contributed by atoms with Gasteiger partial charge in [0.15, 0.2) is 0 Å². The van der Waals surface area contributed by atoms with E-state index in [2.05, 4.69) is 19.4 Å². The average Bonchev–Trinajstić information content (AvgIpc) is 1.68. The fraction of sp³-hybridized carbons (Fsp3) is 0.800. The van der Waals surface area contributed by atoms with Crippen LogP contribution in [0.1, 0.15) is 0 Å². The zero-order valence-electron chi connectivity index (χ0n) is 4.81. The van der Waals surface area contributed by atoms with Gasteiger partial charge < -0.3 is 0 Å². The van der Waals surface area contributed by atoms with Crippen molar-refractivity contribution in [3.8, 4) is 0 Å². The van der Waals surface area contributed by atoms with E-state index in [4.69, 9.17) is 0 Å². The molecule has 43 valence electrons. The quantitative estimate of drug-likeness (QED) is 0.580. The Morgan fingerprint density at radius 2 is 2.14 bits per heavy atom. The fourth-order valence-corrected chi connectivity index (χ4v) is 1.58. The van der Waals surface area contributed by atoms with E-state index in [0.717, 1.165) is 0 Å². The molecule has 0 aliphatic carbocycles. The Hall–Kier alpha value is 0.700. The topological polar surface area (TPSA) is 0 Å². The molecule has 0 bridgehead atoms. The van der Waals surface area contributed by atoms with Crippen LogP contribution in [0.3, 0.4) is 0 Å². The summed E-state index contributed by atoms with van der Waals surface area (Å²) in [6, 6.07) is 0. The maximum absolute atomic E-state index is 3.89. The predicted octanol–water partition coefficient (Wildman–Crippen LogP) is 1.92. The molecule has 2 heteroatoms. The standard InChI is InChI=1S/C5H11S2/c1-5(7-3)4-6-2/h5H,1,4H2,2-3H3. The minimum atomic E-state index is 0.579. The molecule has 0 nitrogen and oxygen atoms in total. The van der Waals surface area contributed by atoms with Crippen molar-refractivity contribution < 1.29 is 0 Å². The SMILES string of the molecule is [CH2]C(CSC)SC. The van der Waals surface area contributed by atoms with Gasteiger partial charge in [0.1, 0.15) is 0 Å². The zero-order chi connectivity index (χ0) is 5.70. The molecular weight excluding hydrogens is 124 g/mol.